The Balaban J connectivity index is 2.70. The first kappa shape index (κ1) is 10.5. The molecule has 0 aromatic heterocycles. The van der Waals surface area contributed by atoms with E-state index in [-0.39, 0.29) is 0 Å². The average Bonchev–Trinajstić information content (AvgIpc) is 1.82. The van der Waals surface area contributed by atoms with Crippen molar-refractivity contribution in [2.75, 3.05) is 5.33 Å². The van der Waals surface area contributed by atoms with Crippen LogP contribution in [0.1, 0.15) is 40.0 Å². The van der Waals surface area contributed by atoms with Crippen LogP contribution in [0.2, 0.25) is 0 Å². The minimum Gasteiger partial charge on any atom is -0.389 e. The van der Waals surface area contributed by atoms with Gasteiger partial charge in [-0.3, -0.25) is 0 Å². The van der Waals surface area contributed by atoms with Gasteiger partial charge in [-0.1, -0.05) is 36.7 Å². The van der Waals surface area contributed by atoms with Crippen LogP contribution in [0.25, 0.3) is 0 Å². The van der Waals surface area contributed by atoms with Gasteiger partial charge < -0.3 is 5.11 Å². The lowest BCUT2D eigenvalue weighted by Crippen LogP contribution is -2.43. The molecule has 0 bridgehead atoms. The Bertz CT molecular complexity index is 167. The van der Waals surface area contributed by atoms with E-state index in [4.69, 9.17) is 0 Å². The Kier molecular flexibility index (Phi) is 2.89. The zero-order valence-electron chi connectivity index (χ0n) is 8.23. The summed E-state index contributed by atoms with van der Waals surface area (Å²) in [7, 11) is 0. The van der Waals surface area contributed by atoms with E-state index in [1.54, 1.807) is 0 Å². The molecule has 1 aliphatic carbocycles. The molecule has 0 spiro atoms. The van der Waals surface area contributed by atoms with Gasteiger partial charge in [0.05, 0.1) is 5.60 Å². The molecule has 1 rings (SSSR count). The number of aliphatic hydroxyl groups is 1. The van der Waals surface area contributed by atoms with Gasteiger partial charge in [0.25, 0.3) is 0 Å². The van der Waals surface area contributed by atoms with Crippen LogP contribution in [0.3, 0.4) is 0 Å². The van der Waals surface area contributed by atoms with Gasteiger partial charge in [-0.25, -0.2) is 0 Å². The van der Waals surface area contributed by atoms with E-state index in [0.29, 0.717) is 16.7 Å². The number of hydrogen-bond donors (Lipinski definition) is 1. The molecule has 0 amide bonds. The molecule has 72 valence electrons. The second kappa shape index (κ2) is 3.30. The molecule has 1 fully saturated rings. The fourth-order valence-electron chi connectivity index (χ4n) is 2.80. The number of hydrogen-bond acceptors (Lipinski definition) is 1. The zero-order chi connectivity index (χ0) is 9.41. The summed E-state index contributed by atoms with van der Waals surface area (Å²) in [5.74, 6) is 0.649. The molecule has 0 aromatic rings. The summed E-state index contributed by atoms with van der Waals surface area (Å²) in [6.07, 6.45) is 3.11. The minimum absolute atomic E-state index is 0.306. The van der Waals surface area contributed by atoms with Crippen LogP contribution < -0.4 is 0 Å². The molecule has 1 aliphatic rings. The molecule has 0 radical (unpaired) electrons. The Labute approximate surface area is 83.7 Å². The fourth-order valence-corrected chi connectivity index (χ4v) is 3.23. The van der Waals surface area contributed by atoms with Crippen molar-refractivity contribution < 1.29 is 5.11 Å². The summed E-state index contributed by atoms with van der Waals surface area (Å²) in [5.41, 5.74) is -0.151. The summed E-state index contributed by atoms with van der Waals surface area (Å²) in [4.78, 5) is 0. The minimum atomic E-state index is -0.457. The molecular formula is C10H19BrO. The Morgan fingerprint density at radius 3 is 2.42 bits per heavy atom. The van der Waals surface area contributed by atoms with Gasteiger partial charge in [0.2, 0.25) is 0 Å². The van der Waals surface area contributed by atoms with E-state index >= 15 is 0 Å². The molecule has 1 saturated carbocycles. The van der Waals surface area contributed by atoms with Gasteiger partial charge in [-0.05, 0) is 30.6 Å². The van der Waals surface area contributed by atoms with Crippen molar-refractivity contribution in [3.8, 4) is 0 Å². The van der Waals surface area contributed by atoms with Crippen LogP contribution >= 0.6 is 15.9 Å². The van der Waals surface area contributed by atoms with Gasteiger partial charge in [0, 0.05) is 5.33 Å². The maximum absolute atomic E-state index is 10.1. The van der Waals surface area contributed by atoms with Crippen molar-refractivity contribution in [1.29, 1.82) is 0 Å². The summed E-state index contributed by atoms with van der Waals surface area (Å²) < 4.78 is 0. The largest absolute Gasteiger partial charge is 0.389 e. The maximum Gasteiger partial charge on any atom is 0.0751 e. The highest BCUT2D eigenvalue weighted by atomic mass is 79.9. The van der Waals surface area contributed by atoms with Crippen LogP contribution in [-0.2, 0) is 0 Å². The first-order valence-corrected chi connectivity index (χ1v) is 5.77. The Morgan fingerprint density at radius 1 is 1.42 bits per heavy atom. The van der Waals surface area contributed by atoms with Crippen molar-refractivity contribution in [1.82, 2.24) is 0 Å². The summed E-state index contributed by atoms with van der Waals surface area (Å²) in [6, 6.07) is 0. The quantitative estimate of drug-likeness (QED) is 0.693. The topological polar surface area (TPSA) is 20.2 Å². The lowest BCUT2D eigenvalue weighted by molar-refractivity contribution is -0.0388. The smallest absolute Gasteiger partial charge is 0.0751 e. The second-order valence-corrected chi connectivity index (χ2v) is 5.77. The molecule has 2 atom stereocenters. The molecule has 1 N–H and O–H groups in total. The molecule has 0 unspecified atom stereocenters. The fraction of sp³-hybridized carbons (Fsp3) is 1.00. The Hall–Kier alpha value is 0.440. The first-order chi connectivity index (χ1) is 5.37. The van der Waals surface area contributed by atoms with E-state index in [2.05, 4.69) is 36.7 Å². The predicted octanol–water partition coefficient (Wildman–Crippen LogP) is 2.96. The van der Waals surface area contributed by atoms with Crippen molar-refractivity contribution in [3.05, 3.63) is 0 Å². The lowest BCUT2D eigenvalue weighted by atomic mass is 9.66. The van der Waals surface area contributed by atoms with E-state index in [0.717, 1.165) is 12.8 Å². The molecule has 1 nitrogen and oxygen atoms in total. The molecule has 12 heavy (non-hydrogen) atoms. The van der Waals surface area contributed by atoms with E-state index < -0.39 is 5.60 Å². The number of halogens is 1. The standard InChI is InChI=1S/C10H19BrO/c1-8-4-9(2,3)6-10(12,5-8)7-11/h8,12H,4-7H2,1-3H3/t8-,10-/m0/s1. The molecule has 0 aliphatic heterocycles. The van der Waals surface area contributed by atoms with Crippen LogP contribution in [0.5, 0.6) is 0 Å². The van der Waals surface area contributed by atoms with Crippen molar-refractivity contribution in [2.24, 2.45) is 11.3 Å². The highest BCUT2D eigenvalue weighted by molar-refractivity contribution is 9.09. The molecule has 0 heterocycles. The Morgan fingerprint density at radius 2 is 2.00 bits per heavy atom. The van der Waals surface area contributed by atoms with Crippen LogP contribution in [0.4, 0.5) is 0 Å². The zero-order valence-corrected chi connectivity index (χ0v) is 9.82. The number of rotatable bonds is 1. The first-order valence-electron chi connectivity index (χ1n) is 4.65. The summed E-state index contributed by atoms with van der Waals surface area (Å²) in [6.45, 7) is 6.72. The lowest BCUT2D eigenvalue weighted by Gasteiger charge is -2.43. The van der Waals surface area contributed by atoms with Crippen molar-refractivity contribution >= 4 is 15.9 Å². The third kappa shape index (κ3) is 2.46. The third-order valence-electron chi connectivity index (χ3n) is 2.69. The highest BCUT2D eigenvalue weighted by Gasteiger charge is 2.40. The van der Waals surface area contributed by atoms with Crippen LogP contribution in [0.15, 0.2) is 0 Å². The van der Waals surface area contributed by atoms with Crippen molar-refractivity contribution in [3.63, 3.8) is 0 Å². The monoisotopic (exact) mass is 234 g/mol. The molecule has 0 aromatic carbocycles. The summed E-state index contributed by atoms with van der Waals surface area (Å²) in [5, 5.41) is 10.9. The van der Waals surface area contributed by atoms with E-state index in [9.17, 15) is 5.11 Å². The third-order valence-corrected chi connectivity index (χ3v) is 3.73. The molecule has 0 saturated heterocycles. The van der Waals surface area contributed by atoms with Crippen LogP contribution in [0, 0.1) is 11.3 Å². The van der Waals surface area contributed by atoms with E-state index in [1.165, 1.54) is 6.42 Å². The normalized spacial score (nSPS) is 41.2. The van der Waals surface area contributed by atoms with Gasteiger partial charge in [-0.15, -0.1) is 0 Å². The van der Waals surface area contributed by atoms with Gasteiger partial charge >= 0.3 is 0 Å². The van der Waals surface area contributed by atoms with Crippen molar-refractivity contribution in [2.45, 2.75) is 45.6 Å². The predicted molar refractivity (Wildman–Crippen MR) is 55.5 cm³/mol. The van der Waals surface area contributed by atoms with Gasteiger partial charge in [0.15, 0.2) is 0 Å². The summed E-state index contributed by atoms with van der Waals surface area (Å²) >= 11 is 3.40. The maximum atomic E-state index is 10.1. The van der Waals surface area contributed by atoms with Gasteiger partial charge in [-0.2, -0.15) is 0 Å². The highest BCUT2D eigenvalue weighted by Crippen LogP contribution is 2.44. The second-order valence-electron chi connectivity index (χ2n) is 5.21. The van der Waals surface area contributed by atoms with Crippen LogP contribution in [-0.4, -0.2) is 16.0 Å². The average molecular weight is 235 g/mol. The number of alkyl halides is 1. The molecule has 2 heteroatoms. The SMILES string of the molecule is C[C@H]1CC(C)(C)C[C@](O)(CBr)C1. The van der Waals surface area contributed by atoms with E-state index in [1.807, 2.05) is 0 Å². The molecular weight excluding hydrogens is 216 g/mol. The van der Waals surface area contributed by atoms with Gasteiger partial charge in [0.1, 0.15) is 0 Å².